The standard InChI is InChI=1S/C15H14BrFO3/c1-19-10-5-3-9(4-6-10)15(18)11-7-12(16)13(17)8-14(11)20-2/h3-8,15,18H,1-2H3. The van der Waals surface area contributed by atoms with E-state index in [0.29, 0.717) is 22.6 Å². The van der Waals surface area contributed by atoms with Crippen molar-refractivity contribution in [2.75, 3.05) is 14.2 Å². The van der Waals surface area contributed by atoms with Gasteiger partial charge in [0.05, 0.1) is 18.7 Å². The quantitative estimate of drug-likeness (QED) is 0.922. The Morgan fingerprint density at radius 3 is 2.30 bits per heavy atom. The first-order valence-corrected chi connectivity index (χ1v) is 6.71. The van der Waals surface area contributed by atoms with Crippen LogP contribution in [0.25, 0.3) is 0 Å². The van der Waals surface area contributed by atoms with Crippen molar-refractivity contribution in [1.29, 1.82) is 0 Å². The minimum absolute atomic E-state index is 0.279. The van der Waals surface area contributed by atoms with Crippen molar-refractivity contribution in [3.05, 3.63) is 57.8 Å². The molecule has 0 saturated heterocycles. The van der Waals surface area contributed by atoms with Crippen molar-refractivity contribution < 1.29 is 19.0 Å². The summed E-state index contributed by atoms with van der Waals surface area (Å²) in [5, 5.41) is 10.4. The lowest BCUT2D eigenvalue weighted by molar-refractivity contribution is 0.214. The van der Waals surface area contributed by atoms with Gasteiger partial charge in [-0.1, -0.05) is 12.1 Å². The molecule has 0 aliphatic carbocycles. The van der Waals surface area contributed by atoms with E-state index in [4.69, 9.17) is 9.47 Å². The fourth-order valence-corrected chi connectivity index (χ4v) is 2.26. The van der Waals surface area contributed by atoms with Crippen molar-refractivity contribution in [2.24, 2.45) is 0 Å². The molecule has 0 radical (unpaired) electrons. The van der Waals surface area contributed by atoms with E-state index in [0.717, 1.165) is 0 Å². The fraction of sp³-hybridized carbons (Fsp3) is 0.200. The average molecular weight is 341 g/mol. The second-order valence-electron chi connectivity index (χ2n) is 4.18. The molecule has 1 unspecified atom stereocenters. The first-order chi connectivity index (χ1) is 9.56. The van der Waals surface area contributed by atoms with Crippen LogP contribution >= 0.6 is 15.9 Å². The first kappa shape index (κ1) is 14.8. The topological polar surface area (TPSA) is 38.7 Å². The van der Waals surface area contributed by atoms with Crippen LogP contribution in [0, 0.1) is 5.82 Å². The molecule has 106 valence electrons. The Hall–Kier alpha value is -1.59. The Morgan fingerprint density at radius 1 is 1.10 bits per heavy atom. The van der Waals surface area contributed by atoms with Crippen molar-refractivity contribution >= 4 is 15.9 Å². The molecule has 0 saturated carbocycles. The van der Waals surface area contributed by atoms with Gasteiger partial charge in [-0.25, -0.2) is 4.39 Å². The summed E-state index contributed by atoms with van der Waals surface area (Å²) < 4.78 is 24.0. The molecule has 2 aromatic rings. The molecule has 2 aromatic carbocycles. The van der Waals surface area contributed by atoms with Gasteiger partial charge in [0.1, 0.15) is 23.4 Å². The van der Waals surface area contributed by atoms with Crippen LogP contribution in [0.3, 0.4) is 0 Å². The van der Waals surface area contributed by atoms with E-state index >= 15 is 0 Å². The molecule has 0 aliphatic heterocycles. The van der Waals surface area contributed by atoms with Crippen LogP contribution in [0.15, 0.2) is 40.9 Å². The Balaban J connectivity index is 2.41. The number of benzene rings is 2. The average Bonchev–Trinajstić information content (AvgIpc) is 2.49. The summed E-state index contributed by atoms with van der Waals surface area (Å²) in [7, 11) is 3.01. The number of methoxy groups -OCH3 is 2. The van der Waals surface area contributed by atoms with E-state index in [9.17, 15) is 9.50 Å². The van der Waals surface area contributed by atoms with Crippen LogP contribution < -0.4 is 9.47 Å². The SMILES string of the molecule is COc1ccc(C(O)c2cc(Br)c(F)cc2OC)cc1. The molecule has 2 rings (SSSR count). The summed E-state index contributed by atoms with van der Waals surface area (Å²) in [6.07, 6.45) is -0.909. The number of rotatable bonds is 4. The summed E-state index contributed by atoms with van der Waals surface area (Å²) in [5.74, 6) is 0.565. The van der Waals surface area contributed by atoms with Gasteiger partial charge in [-0.15, -0.1) is 0 Å². The highest BCUT2D eigenvalue weighted by molar-refractivity contribution is 9.10. The zero-order valence-electron chi connectivity index (χ0n) is 11.1. The van der Waals surface area contributed by atoms with Crippen molar-refractivity contribution in [1.82, 2.24) is 0 Å². The molecular formula is C15H14BrFO3. The van der Waals surface area contributed by atoms with E-state index in [-0.39, 0.29) is 4.47 Å². The summed E-state index contributed by atoms with van der Waals surface area (Å²) >= 11 is 3.11. The van der Waals surface area contributed by atoms with E-state index in [1.807, 2.05) is 0 Å². The van der Waals surface area contributed by atoms with Gasteiger partial charge in [-0.05, 0) is 39.7 Å². The van der Waals surface area contributed by atoms with E-state index < -0.39 is 11.9 Å². The molecule has 0 bridgehead atoms. The Morgan fingerprint density at radius 2 is 1.75 bits per heavy atom. The summed E-state index contributed by atoms with van der Waals surface area (Å²) in [4.78, 5) is 0. The van der Waals surface area contributed by atoms with Crippen molar-refractivity contribution in [3.8, 4) is 11.5 Å². The zero-order valence-corrected chi connectivity index (χ0v) is 12.6. The van der Waals surface area contributed by atoms with Crippen LogP contribution in [0.5, 0.6) is 11.5 Å². The fourth-order valence-electron chi connectivity index (χ4n) is 1.90. The molecule has 20 heavy (non-hydrogen) atoms. The lowest BCUT2D eigenvalue weighted by atomic mass is 10.0. The zero-order chi connectivity index (χ0) is 14.7. The van der Waals surface area contributed by atoms with E-state index in [2.05, 4.69) is 15.9 Å². The maximum Gasteiger partial charge on any atom is 0.141 e. The predicted octanol–water partition coefficient (Wildman–Crippen LogP) is 3.69. The second kappa shape index (κ2) is 6.24. The highest BCUT2D eigenvalue weighted by Crippen LogP contribution is 2.34. The third-order valence-corrected chi connectivity index (χ3v) is 3.61. The highest BCUT2D eigenvalue weighted by atomic mass is 79.9. The monoisotopic (exact) mass is 340 g/mol. The highest BCUT2D eigenvalue weighted by Gasteiger charge is 2.18. The normalized spacial score (nSPS) is 12.1. The van der Waals surface area contributed by atoms with Crippen LogP contribution in [-0.2, 0) is 0 Å². The van der Waals surface area contributed by atoms with Crippen LogP contribution in [0.4, 0.5) is 4.39 Å². The molecule has 0 amide bonds. The van der Waals surface area contributed by atoms with Crippen LogP contribution in [0.2, 0.25) is 0 Å². The minimum atomic E-state index is -0.909. The van der Waals surface area contributed by atoms with Gasteiger partial charge in [0.2, 0.25) is 0 Å². The number of halogens is 2. The van der Waals surface area contributed by atoms with Gasteiger partial charge in [-0.2, -0.15) is 0 Å². The maximum atomic E-state index is 13.5. The molecule has 3 nitrogen and oxygen atoms in total. The smallest absolute Gasteiger partial charge is 0.141 e. The molecule has 0 aromatic heterocycles. The number of aliphatic hydroxyl groups is 1. The molecule has 0 fully saturated rings. The lowest BCUT2D eigenvalue weighted by Crippen LogP contribution is -2.03. The Bertz CT molecular complexity index is 599. The molecule has 1 N–H and O–H groups in total. The molecule has 0 heterocycles. The predicted molar refractivity (Wildman–Crippen MR) is 77.7 cm³/mol. The van der Waals surface area contributed by atoms with Gasteiger partial charge in [-0.3, -0.25) is 0 Å². The van der Waals surface area contributed by atoms with E-state index in [1.165, 1.54) is 19.2 Å². The number of hydrogen-bond donors (Lipinski definition) is 1. The second-order valence-corrected chi connectivity index (χ2v) is 5.04. The van der Waals surface area contributed by atoms with Gasteiger partial charge in [0.25, 0.3) is 0 Å². The van der Waals surface area contributed by atoms with Gasteiger partial charge in [0.15, 0.2) is 0 Å². The Labute approximate surface area is 125 Å². The van der Waals surface area contributed by atoms with Crippen LogP contribution in [-0.4, -0.2) is 19.3 Å². The van der Waals surface area contributed by atoms with E-state index in [1.54, 1.807) is 31.4 Å². The third kappa shape index (κ3) is 2.94. The summed E-state index contributed by atoms with van der Waals surface area (Å²) in [5.41, 5.74) is 1.16. The summed E-state index contributed by atoms with van der Waals surface area (Å²) in [6.45, 7) is 0. The Kier molecular flexibility index (Phi) is 4.62. The van der Waals surface area contributed by atoms with Gasteiger partial charge in [0, 0.05) is 11.6 Å². The van der Waals surface area contributed by atoms with Crippen LogP contribution in [0.1, 0.15) is 17.2 Å². The van der Waals surface area contributed by atoms with Crippen molar-refractivity contribution in [2.45, 2.75) is 6.10 Å². The number of aliphatic hydroxyl groups excluding tert-OH is 1. The molecular weight excluding hydrogens is 327 g/mol. The maximum absolute atomic E-state index is 13.5. The third-order valence-electron chi connectivity index (χ3n) is 3.00. The molecule has 1 atom stereocenters. The number of ether oxygens (including phenoxy) is 2. The minimum Gasteiger partial charge on any atom is -0.497 e. The van der Waals surface area contributed by atoms with Gasteiger partial charge < -0.3 is 14.6 Å². The summed E-state index contributed by atoms with van der Waals surface area (Å²) in [6, 6.07) is 9.77. The number of hydrogen-bond acceptors (Lipinski definition) is 3. The molecule has 0 aliphatic rings. The largest absolute Gasteiger partial charge is 0.497 e. The molecule has 0 spiro atoms. The van der Waals surface area contributed by atoms with Gasteiger partial charge >= 0.3 is 0 Å². The van der Waals surface area contributed by atoms with Crippen molar-refractivity contribution in [3.63, 3.8) is 0 Å². The first-order valence-electron chi connectivity index (χ1n) is 5.91. The lowest BCUT2D eigenvalue weighted by Gasteiger charge is -2.16. The molecule has 5 heteroatoms.